The van der Waals surface area contributed by atoms with Gasteiger partial charge in [-0.3, -0.25) is 14.7 Å². The predicted molar refractivity (Wildman–Crippen MR) is 77.2 cm³/mol. The molecule has 6 heteroatoms. The van der Waals surface area contributed by atoms with Crippen molar-refractivity contribution in [3.8, 4) is 0 Å². The lowest BCUT2D eigenvalue weighted by Crippen LogP contribution is -2.48. The van der Waals surface area contributed by atoms with Crippen LogP contribution in [0.25, 0.3) is 0 Å². The van der Waals surface area contributed by atoms with Gasteiger partial charge in [-0.25, -0.2) is 0 Å². The van der Waals surface area contributed by atoms with Gasteiger partial charge in [0.1, 0.15) is 0 Å². The third-order valence-electron chi connectivity index (χ3n) is 3.09. The average Bonchev–Trinajstić information content (AvgIpc) is 2.40. The number of aromatic nitrogens is 1. The minimum Gasteiger partial charge on any atom is -0.465 e. The number of hydrogen-bond acceptors (Lipinski definition) is 5. The fraction of sp³-hybridized carbons (Fsp3) is 0.538. The Kier molecular flexibility index (Phi) is 5.15. The second-order valence-corrected chi connectivity index (χ2v) is 5.35. The monoisotopic (exact) mass is 327 g/mol. The fourth-order valence-electron chi connectivity index (χ4n) is 2.13. The first-order valence-corrected chi connectivity index (χ1v) is 7.22. The average molecular weight is 328 g/mol. The van der Waals surface area contributed by atoms with E-state index < -0.39 is 0 Å². The molecule has 0 amide bonds. The molecular weight excluding hydrogens is 310 g/mol. The summed E-state index contributed by atoms with van der Waals surface area (Å²) in [4.78, 5) is 20.0. The first-order valence-electron chi connectivity index (χ1n) is 6.42. The molecule has 1 saturated heterocycles. The quantitative estimate of drug-likeness (QED) is 0.785. The Morgan fingerprint density at radius 1 is 1.37 bits per heavy atom. The van der Waals surface area contributed by atoms with Gasteiger partial charge in [-0.2, -0.15) is 0 Å². The van der Waals surface area contributed by atoms with Crippen LogP contribution in [0.1, 0.15) is 6.92 Å². The molecule has 0 radical (unpaired) electrons. The van der Waals surface area contributed by atoms with Crippen LogP contribution in [0.2, 0.25) is 0 Å². The second kappa shape index (κ2) is 6.86. The lowest BCUT2D eigenvalue weighted by Gasteiger charge is -2.35. The van der Waals surface area contributed by atoms with Crippen LogP contribution in [0, 0.1) is 0 Å². The number of piperazine rings is 1. The zero-order valence-corrected chi connectivity index (χ0v) is 12.6. The van der Waals surface area contributed by atoms with Crippen molar-refractivity contribution >= 4 is 27.6 Å². The van der Waals surface area contributed by atoms with Gasteiger partial charge in [-0.15, -0.1) is 0 Å². The molecule has 0 spiro atoms. The summed E-state index contributed by atoms with van der Waals surface area (Å²) in [5.74, 6) is -0.139. The van der Waals surface area contributed by atoms with Crippen molar-refractivity contribution in [2.45, 2.75) is 6.92 Å². The summed E-state index contributed by atoms with van der Waals surface area (Å²) < 4.78 is 5.95. The number of carbonyl (C=O) groups is 1. The highest BCUT2D eigenvalue weighted by atomic mass is 79.9. The summed E-state index contributed by atoms with van der Waals surface area (Å²) in [6, 6.07) is 2.06. The number of carbonyl (C=O) groups excluding carboxylic acids is 1. The zero-order valence-electron chi connectivity index (χ0n) is 11.0. The topological polar surface area (TPSA) is 45.7 Å². The smallest absolute Gasteiger partial charge is 0.320 e. The van der Waals surface area contributed by atoms with E-state index >= 15 is 0 Å². The largest absolute Gasteiger partial charge is 0.465 e. The maximum Gasteiger partial charge on any atom is 0.320 e. The number of esters is 1. The van der Waals surface area contributed by atoms with E-state index in [1.54, 1.807) is 6.20 Å². The van der Waals surface area contributed by atoms with Crippen molar-refractivity contribution in [3.63, 3.8) is 0 Å². The maximum absolute atomic E-state index is 11.4. The molecular formula is C13H18BrN3O2. The Morgan fingerprint density at radius 3 is 2.74 bits per heavy atom. The van der Waals surface area contributed by atoms with Crippen LogP contribution < -0.4 is 4.90 Å². The van der Waals surface area contributed by atoms with Gasteiger partial charge in [0.2, 0.25) is 0 Å². The molecule has 0 N–H and O–H groups in total. The van der Waals surface area contributed by atoms with Crippen LogP contribution in [-0.4, -0.2) is 55.2 Å². The molecule has 5 nitrogen and oxygen atoms in total. The highest BCUT2D eigenvalue weighted by Gasteiger charge is 2.19. The number of nitrogens with zero attached hydrogens (tertiary/aromatic N) is 3. The highest BCUT2D eigenvalue weighted by Crippen LogP contribution is 2.19. The molecule has 0 aromatic carbocycles. The number of ether oxygens (including phenoxy) is 1. The van der Waals surface area contributed by atoms with Crippen LogP contribution in [0.3, 0.4) is 0 Å². The minimum absolute atomic E-state index is 0.139. The standard InChI is InChI=1S/C13H18BrN3O2/c1-2-19-13(18)10-16-3-5-17(6-4-16)12-7-11(14)8-15-9-12/h7-9H,2-6,10H2,1H3. The number of rotatable bonds is 4. The van der Waals surface area contributed by atoms with Crippen molar-refractivity contribution < 1.29 is 9.53 Å². The van der Waals surface area contributed by atoms with E-state index in [0.717, 1.165) is 36.3 Å². The zero-order chi connectivity index (χ0) is 13.7. The SMILES string of the molecule is CCOC(=O)CN1CCN(c2cncc(Br)c2)CC1. The Bertz CT molecular complexity index is 434. The second-order valence-electron chi connectivity index (χ2n) is 4.43. The Labute approximate surface area is 121 Å². The van der Waals surface area contributed by atoms with Crippen LogP contribution in [-0.2, 0) is 9.53 Å². The summed E-state index contributed by atoms with van der Waals surface area (Å²) in [6.07, 6.45) is 3.65. The molecule has 19 heavy (non-hydrogen) atoms. The molecule has 0 bridgehead atoms. The van der Waals surface area contributed by atoms with Gasteiger partial charge < -0.3 is 9.64 Å². The van der Waals surface area contributed by atoms with Crippen molar-refractivity contribution in [1.29, 1.82) is 0 Å². The first-order chi connectivity index (χ1) is 9.19. The molecule has 0 saturated carbocycles. The van der Waals surface area contributed by atoms with E-state index in [-0.39, 0.29) is 5.97 Å². The van der Waals surface area contributed by atoms with Crippen LogP contribution in [0.15, 0.2) is 22.9 Å². The van der Waals surface area contributed by atoms with Gasteiger partial charge >= 0.3 is 5.97 Å². The molecule has 2 rings (SSSR count). The molecule has 104 valence electrons. The van der Waals surface area contributed by atoms with E-state index in [1.165, 1.54) is 0 Å². The lowest BCUT2D eigenvalue weighted by molar-refractivity contribution is -0.144. The maximum atomic E-state index is 11.4. The number of halogens is 1. The Hall–Kier alpha value is -1.14. The van der Waals surface area contributed by atoms with E-state index in [0.29, 0.717) is 13.2 Å². The van der Waals surface area contributed by atoms with E-state index in [9.17, 15) is 4.79 Å². The van der Waals surface area contributed by atoms with Crippen molar-refractivity contribution in [3.05, 3.63) is 22.9 Å². The van der Waals surface area contributed by atoms with Crippen molar-refractivity contribution in [2.24, 2.45) is 0 Å². The molecule has 2 heterocycles. The van der Waals surface area contributed by atoms with Crippen molar-refractivity contribution in [1.82, 2.24) is 9.88 Å². The third kappa shape index (κ3) is 4.18. The van der Waals surface area contributed by atoms with Gasteiger partial charge in [-0.1, -0.05) is 0 Å². The number of anilines is 1. The van der Waals surface area contributed by atoms with Gasteiger partial charge in [0.15, 0.2) is 0 Å². The molecule has 0 atom stereocenters. The molecule has 1 aliphatic rings. The predicted octanol–water partition coefficient (Wildman–Crippen LogP) is 1.53. The Balaban J connectivity index is 1.84. The van der Waals surface area contributed by atoms with E-state index in [2.05, 4.69) is 36.8 Å². The van der Waals surface area contributed by atoms with Crippen LogP contribution in [0.5, 0.6) is 0 Å². The number of hydrogen-bond donors (Lipinski definition) is 0. The van der Waals surface area contributed by atoms with E-state index in [4.69, 9.17) is 4.74 Å². The number of pyridine rings is 1. The van der Waals surface area contributed by atoms with Crippen LogP contribution in [0.4, 0.5) is 5.69 Å². The van der Waals surface area contributed by atoms with Crippen LogP contribution >= 0.6 is 15.9 Å². The van der Waals surface area contributed by atoms with E-state index in [1.807, 2.05) is 13.1 Å². The first kappa shape index (κ1) is 14.3. The summed E-state index contributed by atoms with van der Waals surface area (Å²) in [5.41, 5.74) is 1.12. The Morgan fingerprint density at radius 2 is 2.11 bits per heavy atom. The minimum atomic E-state index is -0.139. The highest BCUT2D eigenvalue weighted by molar-refractivity contribution is 9.10. The molecule has 1 fully saturated rings. The lowest BCUT2D eigenvalue weighted by atomic mass is 10.2. The summed E-state index contributed by atoms with van der Waals surface area (Å²) >= 11 is 3.43. The normalized spacial score (nSPS) is 16.4. The molecule has 0 unspecified atom stereocenters. The molecule has 1 aliphatic heterocycles. The van der Waals surface area contributed by atoms with Gasteiger partial charge in [0.05, 0.1) is 25.0 Å². The van der Waals surface area contributed by atoms with Crippen molar-refractivity contribution in [2.75, 3.05) is 44.2 Å². The molecule has 1 aromatic rings. The van der Waals surface area contributed by atoms with Gasteiger partial charge in [0, 0.05) is 36.8 Å². The molecule has 1 aromatic heterocycles. The third-order valence-corrected chi connectivity index (χ3v) is 3.52. The summed E-state index contributed by atoms with van der Waals surface area (Å²) in [5, 5.41) is 0. The summed E-state index contributed by atoms with van der Waals surface area (Å²) in [6.45, 7) is 6.20. The van der Waals surface area contributed by atoms with Gasteiger partial charge in [-0.05, 0) is 28.9 Å². The summed E-state index contributed by atoms with van der Waals surface area (Å²) in [7, 11) is 0. The van der Waals surface area contributed by atoms with Gasteiger partial charge in [0.25, 0.3) is 0 Å². The fourth-order valence-corrected chi connectivity index (χ4v) is 2.48. The molecule has 0 aliphatic carbocycles.